The molecule has 0 spiro atoms. The van der Waals surface area contributed by atoms with Gasteiger partial charge in [-0.1, -0.05) is 44.2 Å². The van der Waals surface area contributed by atoms with Crippen LogP contribution in [0.1, 0.15) is 64.8 Å². The van der Waals surface area contributed by atoms with Gasteiger partial charge in [0.15, 0.2) is 0 Å². The van der Waals surface area contributed by atoms with Crippen LogP contribution in [0.5, 0.6) is 0 Å². The summed E-state index contributed by atoms with van der Waals surface area (Å²) < 4.78 is 5.07. The van der Waals surface area contributed by atoms with E-state index in [4.69, 9.17) is 9.72 Å². The number of ether oxygens (including phenoxy) is 1. The molecule has 1 aliphatic rings. The SMILES string of the molecule is COCC(C)(/C=C/c1ccc2ccc(C(C)NC(=O)[C@@H]3CCCN(C(=O)C(C)NC(=O)C(O)C(C)C)N3)nc2c1)C(=O)O. The second kappa shape index (κ2) is 14.5. The van der Waals surface area contributed by atoms with Gasteiger partial charge in [-0.3, -0.25) is 29.2 Å². The first-order valence-corrected chi connectivity index (χ1v) is 14.4. The molecule has 5 N–H and O–H groups in total. The number of hydrazine groups is 1. The van der Waals surface area contributed by atoms with Gasteiger partial charge in [0.25, 0.3) is 5.91 Å². The van der Waals surface area contributed by atoms with Gasteiger partial charge < -0.3 is 25.6 Å². The lowest BCUT2D eigenvalue weighted by atomic mass is 9.90. The molecule has 1 saturated heterocycles. The van der Waals surface area contributed by atoms with E-state index in [0.29, 0.717) is 30.6 Å². The van der Waals surface area contributed by atoms with Crippen LogP contribution >= 0.6 is 0 Å². The standard InChI is InChI=1S/C31H43N5O7/c1-18(2)26(37)28(39)33-20(4)29(40)36-15-7-8-24(35-36)27(38)32-19(3)23-12-11-22-10-9-21(16-25(22)34-23)13-14-31(5,17-43-6)30(41)42/h9-14,16,18-20,24,26,35,37H,7-8,15,17H2,1-6H3,(H,32,38)(H,33,39)(H,41,42)/b14-13+/t19?,20?,24-,26?,31?/m0/s1. The van der Waals surface area contributed by atoms with E-state index in [-0.39, 0.29) is 18.4 Å². The van der Waals surface area contributed by atoms with Gasteiger partial charge >= 0.3 is 5.97 Å². The number of benzene rings is 1. The Balaban J connectivity index is 1.66. The zero-order valence-corrected chi connectivity index (χ0v) is 25.6. The second-order valence-corrected chi connectivity index (χ2v) is 11.6. The Hall–Kier alpha value is -3.87. The molecule has 12 nitrogen and oxygen atoms in total. The predicted molar refractivity (Wildman–Crippen MR) is 161 cm³/mol. The number of aromatic nitrogens is 1. The van der Waals surface area contributed by atoms with Crippen molar-refractivity contribution >= 4 is 40.7 Å². The molecule has 1 aromatic heterocycles. The van der Waals surface area contributed by atoms with Gasteiger partial charge in [-0.05, 0) is 57.2 Å². The number of nitrogens with zero attached hydrogens (tertiary/aromatic N) is 2. The molecule has 0 saturated carbocycles. The summed E-state index contributed by atoms with van der Waals surface area (Å²) in [5.41, 5.74) is 3.91. The normalized spacial score (nSPS) is 19.1. The van der Waals surface area contributed by atoms with Crippen LogP contribution < -0.4 is 16.1 Å². The van der Waals surface area contributed by atoms with Crippen molar-refractivity contribution in [2.45, 2.75) is 71.7 Å². The molecule has 2 aromatic rings. The second-order valence-electron chi connectivity index (χ2n) is 11.6. The van der Waals surface area contributed by atoms with Gasteiger partial charge in [0.1, 0.15) is 23.6 Å². The summed E-state index contributed by atoms with van der Waals surface area (Å²) in [7, 11) is 1.46. The molecule has 43 heavy (non-hydrogen) atoms. The van der Waals surface area contributed by atoms with Crippen molar-refractivity contribution in [3.05, 3.63) is 47.7 Å². The summed E-state index contributed by atoms with van der Waals surface area (Å²) >= 11 is 0. The number of carboxylic acid groups (broad SMARTS) is 1. The number of methoxy groups -OCH3 is 1. The fraction of sp³-hybridized carbons (Fsp3) is 0.516. The van der Waals surface area contributed by atoms with E-state index in [1.807, 2.05) is 37.3 Å². The Morgan fingerprint density at radius 3 is 2.51 bits per heavy atom. The molecule has 3 rings (SSSR count). The molecule has 0 radical (unpaired) electrons. The van der Waals surface area contributed by atoms with Crippen molar-refractivity contribution in [1.29, 1.82) is 0 Å². The lowest BCUT2D eigenvalue weighted by molar-refractivity contribution is -0.147. The van der Waals surface area contributed by atoms with Gasteiger partial charge in [-0.25, -0.2) is 5.43 Å². The molecule has 3 amide bonds. The lowest BCUT2D eigenvalue weighted by Crippen LogP contribution is -2.61. The molecule has 234 valence electrons. The van der Waals surface area contributed by atoms with E-state index in [1.165, 1.54) is 19.0 Å². The molecular formula is C31H43N5O7. The summed E-state index contributed by atoms with van der Waals surface area (Å²) in [6, 6.07) is 7.40. The van der Waals surface area contributed by atoms with E-state index in [1.54, 1.807) is 32.9 Å². The van der Waals surface area contributed by atoms with Crippen molar-refractivity contribution in [2.75, 3.05) is 20.3 Å². The predicted octanol–water partition coefficient (Wildman–Crippen LogP) is 2.18. The highest BCUT2D eigenvalue weighted by molar-refractivity contribution is 5.89. The van der Waals surface area contributed by atoms with Crippen LogP contribution in [0.3, 0.4) is 0 Å². The van der Waals surface area contributed by atoms with Crippen molar-refractivity contribution in [3.63, 3.8) is 0 Å². The van der Waals surface area contributed by atoms with Crippen LogP contribution in [-0.4, -0.2) is 82.3 Å². The molecule has 1 aliphatic heterocycles. The van der Waals surface area contributed by atoms with Crippen molar-refractivity contribution in [2.24, 2.45) is 11.3 Å². The topological polar surface area (TPSA) is 170 Å². The van der Waals surface area contributed by atoms with E-state index in [9.17, 15) is 29.4 Å². The smallest absolute Gasteiger partial charge is 0.315 e. The van der Waals surface area contributed by atoms with Crippen molar-refractivity contribution < 1.29 is 34.1 Å². The van der Waals surface area contributed by atoms with E-state index in [2.05, 4.69) is 16.1 Å². The summed E-state index contributed by atoms with van der Waals surface area (Å²) in [6.07, 6.45) is 3.23. The minimum Gasteiger partial charge on any atom is -0.481 e. The number of aliphatic hydroxyl groups is 1. The van der Waals surface area contributed by atoms with Crippen LogP contribution in [0.15, 0.2) is 36.4 Å². The number of fused-ring (bicyclic) bond motifs is 1. The highest BCUT2D eigenvalue weighted by Crippen LogP contribution is 2.23. The zero-order chi connectivity index (χ0) is 31.9. The maximum absolute atomic E-state index is 13.2. The molecule has 0 aliphatic carbocycles. The summed E-state index contributed by atoms with van der Waals surface area (Å²) in [6.45, 7) is 8.78. The summed E-state index contributed by atoms with van der Waals surface area (Å²) in [5.74, 6) is -2.59. The monoisotopic (exact) mass is 597 g/mol. The number of nitrogens with one attached hydrogen (secondary N) is 3. The Bertz CT molecular complexity index is 1360. The van der Waals surface area contributed by atoms with E-state index < -0.39 is 47.4 Å². The molecule has 1 aromatic carbocycles. The highest BCUT2D eigenvalue weighted by Gasteiger charge is 2.32. The van der Waals surface area contributed by atoms with Gasteiger partial charge in [0.2, 0.25) is 11.8 Å². The molecule has 2 heterocycles. The molecule has 1 fully saturated rings. The van der Waals surface area contributed by atoms with Crippen LogP contribution in [0.2, 0.25) is 0 Å². The molecule has 4 unspecified atom stereocenters. The van der Waals surface area contributed by atoms with Crippen LogP contribution in [0.4, 0.5) is 0 Å². The van der Waals surface area contributed by atoms with Gasteiger partial charge in [-0.2, -0.15) is 0 Å². The largest absolute Gasteiger partial charge is 0.481 e. The third-order valence-electron chi connectivity index (χ3n) is 7.51. The average molecular weight is 598 g/mol. The number of carbonyl (C=O) groups is 4. The lowest BCUT2D eigenvalue weighted by Gasteiger charge is -2.35. The number of aliphatic carboxylic acids is 1. The van der Waals surface area contributed by atoms with E-state index >= 15 is 0 Å². The number of aliphatic hydroxyl groups excluding tert-OH is 1. The quantitative estimate of drug-likeness (QED) is 0.246. The Kier molecular flexibility index (Phi) is 11.4. The third-order valence-corrected chi connectivity index (χ3v) is 7.51. The first kappa shape index (κ1) is 33.6. The minimum absolute atomic E-state index is 0.0336. The minimum atomic E-state index is -1.22. The average Bonchev–Trinajstić information content (AvgIpc) is 2.98. The molecule has 0 bridgehead atoms. The molecule has 5 atom stereocenters. The number of carbonyl (C=O) groups excluding carboxylic acids is 3. The Morgan fingerprint density at radius 2 is 1.86 bits per heavy atom. The van der Waals surface area contributed by atoms with Gasteiger partial charge in [-0.15, -0.1) is 0 Å². The number of rotatable bonds is 12. The first-order chi connectivity index (χ1) is 20.2. The van der Waals surface area contributed by atoms with Gasteiger partial charge in [0, 0.05) is 19.0 Å². The van der Waals surface area contributed by atoms with E-state index in [0.717, 1.165) is 10.9 Å². The first-order valence-electron chi connectivity index (χ1n) is 14.4. The zero-order valence-electron chi connectivity index (χ0n) is 25.6. The molecule has 12 heteroatoms. The van der Waals surface area contributed by atoms with Crippen molar-refractivity contribution in [3.8, 4) is 0 Å². The van der Waals surface area contributed by atoms with Crippen molar-refractivity contribution in [1.82, 2.24) is 26.1 Å². The number of carboxylic acids is 1. The number of hydrogen-bond acceptors (Lipinski definition) is 8. The Morgan fingerprint density at radius 1 is 1.16 bits per heavy atom. The van der Waals surface area contributed by atoms with Crippen LogP contribution in [0, 0.1) is 11.3 Å². The maximum atomic E-state index is 13.2. The Labute approximate surface area is 251 Å². The summed E-state index contributed by atoms with van der Waals surface area (Å²) in [5, 5.41) is 27.3. The number of amides is 3. The molecular weight excluding hydrogens is 554 g/mol. The third kappa shape index (κ3) is 8.59. The fourth-order valence-electron chi connectivity index (χ4n) is 4.68. The number of pyridine rings is 1. The maximum Gasteiger partial charge on any atom is 0.315 e. The number of hydrogen-bond donors (Lipinski definition) is 5. The summed E-state index contributed by atoms with van der Waals surface area (Å²) in [4.78, 5) is 54.7. The highest BCUT2D eigenvalue weighted by atomic mass is 16.5. The van der Waals surface area contributed by atoms with Crippen LogP contribution in [-0.2, 0) is 23.9 Å². The fourth-order valence-corrected chi connectivity index (χ4v) is 4.68. The van der Waals surface area contributed by atoms with Gasteiger partial charge in [0.05, 0.1) is 23.9 Å². The van der Waals surface area contributed by atoms with Crippen LogP contribution in [0.25, 0.3) is 17.0 Å².